The maximum absolute atomic E-state index is 12.9. The fraction of sp³-hybridized carbons (Fsp3) is 0.400. The fourth-order valence-electron chi connectivity index (χ4n) is 3.38. The second kappa shape index (κ2) is 9.11. The van der Waals surface area contributed by atoms with Gasteiger partial charge in [0, 0.05) is 51.0 Å². The Labute approximate surface area is 176 Å². The molecule has 0 aliphatic carbocycles. The zero-order chi connectivity index (χ0) is 21.0. The van der Waals surface area contributed by atoms with Gasteiger partial charge in [0.1, 0.15) is 5.82 Å². The molecule has 0 radical (unpaired) electrons. The maximum Gasteiger partial charge on any atom is 0.254 e. The summed E-state index contributed by atoms with van der Waals surface area (Å²) in [6, 6.07) is 9.95. The zero-order valence-electron chi connectivity index (χ0n) is 16.6. The number of benzene rings is 1. The predicted molar refractivity (Wildman–Crippen MR) is 114 cm³/mol. The standard InChI is InChI=1S/C20H25ClN4O3S/c1-3-25(4-2)29(27,28)18-7-5-6-16(14-18)20(26)24-12-10-23(11-13-24)19-9-8-17(21)15-22-19/h5-9,14-15H,3-4,10-13H2,1-2H3. The highest BCUT2D eigenvalue weighted by molar-refractivity contribution is 7.89. The van der Waals surface area contributed by atoms with E-state index in [1.165, 1.54) is 16.4 Å². The highest BCUT2D eigenvalue weighted by Gasteiger charge is 2.26. The average molecular weight is 437 g/mol. The number of carbonyl (C=O) groups is 1. The second-order valence-electron chi connectivity index (χ2n) is 6.73. The van der Waals surface area contributed by atoms with E-state index in [2.05, 4.69) is 9.88 Å². The molecule has 3 rings (SSSR count). The molecule has 2 heterocycles. The molecular formula is C20H25ClN4O3S. The molecule has 0 N–H and O–H groups in total. The summed E-state index contributed by atoms with van der Waals surface area (Å²) in [5, 5.41) is 0.585. The Balaban J connectivity index is 1.71. The molecule has 7 nitrogen and oxygen atoms in total. The van der Waals surface area contributed by atoms with Crippen LogP contribution < -0.4 is 4.90 Å². The van der Waals surface area contributed by atoms with Gasteiger partial charge in [-0.25, -0.2) is 13.4 Å². The van der Waals surface area contributed by atoms with Gasteiger partial charge in [-0.05, 0) is 30.3 Å². The van der Waals surface area contributed by atoms with E-state index in [1.807, 2.05) is 6.07 Å². The number of hydrogen-bond acceptors (Lipinski definition) is 5. The van der Waals surface area contributed by atoms with Crippen LogP contribution in [-0.2, 0) is 10.0 Å². The number of carbonyl (C=O) groups excluding carboxylic acids is 1. The Morgan fingerprint density at radius 1 is 1.10 bits per heavy atom. The van der Waals surface area contributed by atoms with Crippen LogP contribution >= 0.6 is 11.6 Å². The third-order valence-corrected chi connectivity index (χ3v) is 7.30. The summed E-state index contributed by atoms with van der Waals surface area (Å²) in [5.74, 6) is 0.666. The summed E-state index contributed by atoms with van der Waals surface area (Å²) in [4.78, 5) is 21.3. The first kappa shape index (κ1) is 21.5. The molecule has 0 atom stereocenters. The van der Waals surface area contributed by atoms with Gasteiger partial charge in [0.15, 0.2) is 0 Å². The van der Waals surface area contributed by atoms with Gasteiger partial charge in [0.2, 0.25) is 10.0 Å². The Bertz CT molecular complexity index is 954. The summed E-state index contributed by atoms with van der Waals surface area (Å²) >= 11 is 5.89. The lowest BCUT2D eigenvalue weighted by Crippen LogP contribution is -2.49. The fourth-order valence-corrected chi connectivity index (χ4v) is 4.99. The lowest BCUT2D eigenvalue weighted by Gasteiger charge is -2.35. The summed E-state index contributed by atoms with van der Waals surface area (Å²) in [6.45, 7) is 6.74. The number of aromatic nitrogens is 1. The number of sulfonamides is 1. The van der Waals surface area contributed by atoms with Crippen molar-refractivity contribution < 1.29 is 13.2 Å². The summed E-state index contributed by atoms with van der Waals surface area (Å²) in [5.41, 5.74) is 0.385. The van der Waals surface area contributed by atoms with Crippen LogP contribution in [0.15, 0.2) is 47.5 Å². The van der Waals surface area contributed by atoms with Gasteiger partial charge in [-0.15, -0.1) is 0 Å². The Morgan fingerprint density at radius 2 is 1.79 bits per heavy atom. The number of rotatable bonds is 6. The van der Waals surface area contributed by atoms with Crippen molar-refractivity contribution >= 4 is 33.3 Å². The van der Waals surface area contributed by atoms with Crippen LogP contribution in [0.5, 0.6) is 0 Å². The first-order valence-electron chi connectivity index (χ1n) is 9.62. The summed E-state index contributed by atoms with van der Waals surface area (Å²) in [7, 11) is -3.60. The Morgan fingerprint density at radius 3 is 2.38 bits per heavy atom. The lowest BCUT2D eigenvalue weighted by molar-refractivity contribution is 0.0746. The van der Waals surface area contributed by atoms with Crippen LogP contribution in [0.3, 0.4) is 0 Å². The largest absolute Gasteiger partial charge is 0.353 e. The molecule has 1 fully saturated rings. The topological polar surface area (TPSA) is 73.8 Å². The Hall–Kier alpha value is -2.16. The molecule has 0 unspecified atom stereocenters. The third kappa shape index (κ3) is 4.71. The molecule has 1 amide bonds. The molecule has 1 aliphatic heterocycles. The molecule has 1 aromatic heterocycles. The average Bonchev–Trinajstić information content (AvgIpc) is 2.75. The number of amides is 1. The van der Waals surface area contributed by atoms with Crippen LogP contribution in [-0.4, -0.2) is 67.8 Å². The second-order valence-corrected chi connectivity index (χ2v) is 9.11. The highest BCUT2D eigenvalue weighted by Crippen LogP contribution is 2.20. The third-order valence-electron chi connectivity index (χ3n) is 5.03. The number of anilines is 1. The number of nitrogens with zero attached hydrogens (tertiary/aromatic N) is 4. The van der Waals surface area contributed by atoms with Crippen LogP contribution in [0.4, 0.5) is 5.82 Å². The number of hydrogen-bond donors (Lipinski definition) is 0. The van der Waals surface area contributed by atoms with Crippen molar-refractivity contribution in [2.75, 3.05) is 44.2 Å². The molecular weight excluding hydrogens is 412 g/mol. The molecule has 2 aromatic rings. The van der Waals surface area contributed by atoms with Gasteiger partial charge in [-0.3, -0.25) is 4.79 Å². The highest BCUT2D eigenvalue weighted by atomic mass is 35.5. The van der Waals surface area contributed by atoms with Crippen molar-refractivity contribution in [3.05, 3.63) is 53.2 Å². The van der Waals surface area contributed by atoms with Crippen molar-refractivity contribution in [2.45, 2.75) is 18.7 Å². The van der Waals surface area contributed by atoms with Gasteiger partial charge in [-0.1, -0.05) is 31.5 Å². The maximum atomic E-state index is 12.9. The molecule has 9 heteroatoms. The van der Waals surface area contributed by atoms with Gasteiger partial charge < -0.3 is 9.80 Å². The minimum Gasteiger partial charge on any atom is -0.353 e. The van der Waals surface area contributed by atoms with Crippen molar-refractivity contribution in [3.8, 4) is 0 Å². The summed E-state index contributed by atoms with van der Waals surface area (Å²) < 4.78 is 26.9. The monoisotopic (exact) mass is 436 g/mol. The van der Waals surface area contributed by atoms with Crippen LogP contribution in [0, 0.1) is 0 Å². The minimum atomic E-state index is -3.60. The first-order chi connectivity index (χ1) is 13.9. The van der Waals surface area contributed by atoms with E-state index in [4.69, 9.17) is 11.6 Å². The number of halogens is 1. The Kier molecular flexibility index (Phi) is 6.77. The van der Waals surface area contributed by atoms with Gasteiger partial charge in [0.05, 0.1) is 9.92 Å². The van der Waals surface area contributed by atoms with E-state index in [9.17, 15) is 13.2 Å². The van der Waals surface area contributed by atoms with E-state index in [0.717, 1.165) is 5.82 Å². The normalized spacial score (nSPS) is 15.0. The molecule has 0 saturated carbocycles. The van der Waals surface area contributed by atoms with Gasteiger partial charge >= 0.3 is 0 Å². The van der Waals surface area contributed by atoms with Gasteiger partial charge in [0.25, 0.3) is 5.91 Å². The van der Waals surface area contributed by atoms with E-state index < -0.39 is 10.0 Å². The zero-order valence-corrected chi connectivity index (χ0v) is 18.2. The molecule has 1 saturated heterocycles. The van der Waals surface area contributed by atoms with Crippen LogP contribution in [0.25, 0.3) is 0 Å². The lowest BCUT2D eigenvalue weighted by atomic mass is 10.2. The molecule has 1 aromatic carbocycles. The van der Waals surface area contributed by atoms with Crippen molar-refractivity contribution in [3.63, 3.8) is 0 Å². The first-order valence-corrected chi connectivity index (χ1v) is 11.4. The van der Waals surface area contributed by atoms with E-state index in [-0.39, 0.29) is 10.8 Å². The molecule has 0 bridgehead atoms. The van der Waals surface area contributed by atoms with Gasteiger partial charge in [-0.2, -0.15) is 4.31 Å². The SMILES string of the molecule is CCN(CC)S(=O)(=O)c1cccc(C(=O)N2CCN(c3ccc(Cl)cn3)CC2)c1. The van der Waals surface area contributed by atoms with E-state index in [0.29, 0.717) is 49.9 Å². The quantitative estimate of drug-likeness (QED) is 0.696. The van der Waals surface area contributed by atoms with Crippen molar-refractivity contribution in [1.29, 1.82) is 0 Å². The van der Waals surface area contributed by atoms with Crippen molar-refractivity contribution in [1.82, 2.24) is 14.2 Å². The minimum absolute atomic E-state index is 0.149. The number of piperazine rings is 1. The molecule has 156 valence electrons. The van der Waals surface area contributed by atoms with Crippen molar-refractivity contribution in [2.24, 2.45) is 0 Å². The molecule has 1 aliphatic rings. The van der Waals surface area contributed by atoms with Crippen LogP contribution in [0.2, 0.25) is 5.02 Å². The molecule has 29 heavy (non-hydrogen) atoms. The molecule has 0 spiro atoms. The smallest absolute Gasteiger partial charge is 0.254 e. The van der Waals surface area contributed by atoms with E-state index in [1.54, 1.807) is 43.1 Å². The van der Waals surface area contributed by atoms with Crippen LogP contribution in [0.1, 0.15) is 24.2 Å². The van der Waals surface area contributed by atoms with E-state index >= 15 is 0 Å². The summed E-state index contributed by atoms with van der Waals surface area (Å²) in [6.07, 6.45) is 1.61. The predicted octanol–water partition coefficient (Wildman–Crippen LogP) is 2.73. The number of pyridine rings is 1.